The maximum Gasteiger partial charge on any atom is 0.254 e. The van der Waals surface area contributed by atoms with E-state index >= 15 is 0 Å². The summed E-state index contributed by atoms with van der Waals surface area (Å²) in [6.45, 7) is 1.43. The van der Waals surface area contributed by atoms with Crippen molar-refractivity contribution in [3.63, 3.8) is 0 Å². The molecule has 1 saturated carbocycles. The lowest BCUT2D eigenvalue weighted by atomic mass is 9.72. The number of aromatic nitrogens is 2. The van der Waals surface area contributed by atoms with Crippen molar-refractivity contribution in [2.75, 3.05) is 13.1 Å². The predicted octanol–water partition coefficient (Wildman–Crippen LogP) is 4.50. The fraction of sp³-hybridized carbons (Fsp3) is 0.414. The zero-order valence-corrected chi connectivity index (χ0v) is 20.1. The van der Waals surface area contributed by atoms with Crippen LogP contribution in [0.1, 0.15) is 48.2 Å². The Morgan fingerprint density at radius 1 is 1.06 bits per heavy atom. The summed E-state index contributed by atoms with van der Waals surface area (Å²) in [4.78, 5) is 34.7. The highest BCUT2D eigenvalue weighted by molar-refractivity contribution is 5.95. The molecule has 0 unspecified atom stereocenters. The third kappa shape index (κ3) is 5.54. The standard InChI is InChI=1S/C29H34N4O2/c34-19-27(15-26-16-30-20-32-26)31-17-28-14-24-8-4-5-9-25(24)18-33(28)29(35)23-12-10-22(11-13-23)21-6-2-1-3-7-21/h1-3,6-7,10-13,16,19-20,24-25,27-28,31H,4-5,8-9,14-15,17-18H2,(H,30,32)/t24-,25-,27+,28+/m1/s1. The largest absolute Gasteiger partial charge is 0.348 e. The lowest BCUT2D eigenvalue weighted by molar-refractivity contribution is -0.109. The highest BCUT2D eigenvalue weighted by Crippen LogP contribution is 2.39. The summed E-state index contributed by atoms with van der Waals surface area (Å²) in [7, 11) is 0. The van der Waals surface area contributed by atoms with Crippen molar-refractivity contribution in [2.24, 2.45) is 11.8 Å². The van der Waals surface area contributed by atoms with Crippen molar-refractivity contribution in [1.29, 1.82) is 0 Å². The first kappa shape index (κ1) is 23.5. The number of aromatic amines is 1. The Morgan fingerprint density at radius 2 is 1.80 bits per heavy atom. The Balaban J connectivity index is 1.31. The van der Waals surface area contributed by atoms with E-state index < -0.39 is 0 Å². The number of amides is 1. The molecule has 2 heterocycles. The molecule has 2 aromatic carbocycles. The number of aldehydes is 1. The fourth-order valence-electron chi connectivity index (χ4n) is 5.85. The summed E-state index contributed by atoms with van der Waals surface area (Å²) in [5.74, 6) is 1.35. The molecule has 1 aromatic heterocycles. The van der Waals surface area contributed by atoms with Crippen LogP contribution in [0.2, 0.25) is 0 Å². The van der Waals surface area contributed by atoms with Crippen LogP contribution in [-0.4, -0.2) is 52.2 Å². The van der Waals surface area contributed by atoms with Crippen LogP contribution in [-0.2, 0) is 11.2 Å². The number of H-pyrrole nitrogens is 1. The van der Waals surface area contributed by atoms with Crippen LogP contribution < -0.4 is 5.32 Å². The molecule has 0 bridgehead atoms. The van der Waals surface area contributed by atoms with Crippen LogP contribution in [0.25, 0.3) is 11.1 Å². The number of nitrogens with zero attached hydrogens (tertiary/aromatic N) is 2. The Labute approximate surface area is 207 Å². The van der Waals surface area contributed by atoms with Gasteiger partial charge in [0.2, 0.25) is 0 Å². The second-order valence-corrected chi connectivity index (χ2v) is 10.0. The molecule has 1 saturated heterocycles. The van der Waals surface area contributed by atoms with Gasteiger partial charge in [-0.1, -0.05) is 61.7 Å². The molecule has 35 heavy (non-hydrogen) atoms. The van der Waals surface area contributed by atoms with Gasteiger partial charge in [-0.05, 0) is 47.9 Å². The van der Waals surface area contributed by atoms with E-state index in [9.17, 15) is 9.59 Å². The van der Waals surface area contributed by atoms with Gasteiger partial charge in [-0.25, -0.2) is 4.98 Å². The van der Waals surface area contributed by atoms with Crippen LogP contribution in [0.3, 0.4) is 0 Å². The molecule has 2 N–H and O–H groups in total. The monoisotopic (exact) mass is 470 g/mol. The molecule has 3 aromatic rings. The summed E-state index contributed by atoms with van der Waals surface area (Å²) in [6, 6.07) is 18.0. The van der Waals surface area contributed by atoms with Crippen LogP contribution in [0.5, 0.6) is 0 Å². The van der Waals surface area contributed by atoms with Crippen molar-refractivity contribution in [2.45, 2.75) is 50.6 Å². The summed E-state index contributed by atoms with van der Waals surface area (Å²) < 4.78 is 0. The lowest BCUT2D eigenvalue weighted by Crippen LogP contribution is -2.55. The minimum Gasteiger partial charge on any atom is -0.348 e. The second kappa shape index (κ2) is 11.0. The smallest absolute Gasteiger partial charge is 0.254 e. The van der Waals surface area contributed by atoms with Crippen molar-refractivity contribution in [3.8, 4) is 11.1 Å². The van der Waals surface area contributed by atoms with Crippen LogP contribution in [0, 0.1) is 11.8 Å². The molecular weight excluding hydrogens is 436 g/mol. The lowest BCUT2D eigenvalue weighted by Gasteiger charge is -2.46. The molecule has 6 heteroatoms. The van der Waals surface area contributed by atoms with Gasteiger partial charge < -0.3 is 20.0 Å². The maximum absolute atomic E-state index is 13.7. The van der Waals surface area contributed by atoms with Gasteiger partial charge in [0.25, 0.3) is 5.91 Å². The highest BCUT2D eigenvalue weighted by Gasteiger charge is 2.39. The van der Waals surface area contributed by atoms with Gasteiger partial charge in [0.05, 0.1) is 12.4 Å². The van der Waals surface area contributed by atoms with E-state index in [4.69, 9.17) is 0 Å². The van der Waals surface area contributed by atoms with Gasteiger partial charge >= 0.3 is 0 Å². The molecule has 182 valence electrons. The zero-order valence-electron chi connectivity index (χ0n) is 20.1. The van der Waals surface area contributed by atoms with Crippen molar-refractivity contribution < 1.29 is 9.59 Å². The van der Waals surface area contributed by atoms with Crippen LogP contribution in [0.4, 0.5) is 0 Å². The third-order valence-corrected chi connectivity index (χ3v) is 7.79. The van der Waals surface area contributed by atoms with E-state index in [0.717, 1.165) is 41.6 Å². The molecule has 0 spiro atoms. The minimum atomic E-state index is -0.304. The first-order valence-corrected chi connectivity index (χ1v) is 12.8. The molecule has 4 atom stereocenters. The number of carbonyl (C=O) groups excluding carboxylic acids is 2. The van der Waals surface area contributed by atoms with Crippen molar-refractivity contribution in [1.82, 2.24) is 20.2 Å². The summed E-state index contributed by atoms with van der Waals surface area (Å²) in [5, 5.41) is 3.43. The van der Waals surface area contributed by atoms with Crippen molar-refractivity contribution >= 4 is 12.2 Å². The second-order valence-electron chi connectivity index (χ2n) is 10.0. The molecule has 1 amide bonds. The van der Waals surface area contributed by atoms with Gasteiger partial charge in [-0.15, -0.1) is 0 Å². The van der Waals surface area contributed by atoms with Crippen LogP contribution in [0.15, 0.2) is 67.1 Å². The summed E-state index contributed by atoms with van der Waals surface area (Å²) in [5.41, 5.74) is 3.91. The van der Waals surface area contributed by atoms with Crippen molar-refractivity contribution in [3.05, 3.63) is 78.4 Å². The summed E-state index contributed by atoms with van der Waals surface area (Å²) >= 11 is 0. The normalized spacial score (nSPS) is 22.9. The molecule has 6 nitrogen and oxygen atoms in total. The zero-order chi connectivity index (χ0) is 24.0. The number of carbonyl (C=O) groups is 2. The Hall–Kier alpha value is -3.25. The summed E-state index contributed by atoms with van der Waals surface area (Å²) in [6.07, 6.45) is 10.9. The molecule has 5 rings (SSSR count). The Kier molecular flexibility index (Phi) is 7.38. The van der Waals surface area contributed by atoms with Gasteiger partial charge in [-0.3, -0.25) is 4.79 Å². The van der Waals surface area contributed by atoms with E-state index in [0.29, 0.717) is 24.8 Å². The number of piperidine rings is 1. The number of benzene rings is 2. The Morgan fingerprint density at radius 3 is 2.51 bits per heavy atom. The quantitative estimate of drug-likeness (QED) is 0.475. The van der Waals surface area contributed by atoms with E-state index in [2.05, 4.69) is 32.3 Å². The third-order valence-electron chi connectivity index (χ3n) is 7.79. The number of likely N-dealkylation sites (tertiary alicyclic amines) is 1. The fourth-order valence-corrected chi connectivity index (χ4v) is 5.85. The first-order valence-electron chi connectivity index (χ1n) is 12.8. The average Bonchev–Trinajstić information content (AvgIpc) is 3.44. The topological polar surface area (TPSA) is 78.1 Å². The number of hydrogen-bond acceptors (Lipinski definition) is 4. The van der Waals surface area contributed by atoms with Gasteiger partial charge in [0, 0.05) is 43.0 Å². The molecule has 0 radical (unpaired) electrons. The average molecular weight is 471 g/mol. The molecular formula is C29H34N4O2. The predicted molar refractivity (Wildman–Crippen MR) is 137 cm³/mol. The first-order chi connectivity index (χ1) is 17.2. The van der Waals surface area contributed by atoms with E-state index in [-0.39, 0.29) is 18.0 Å². The molecule has 2 aliphatic rings. The van der Waals surface area contributed by atoms with Gasteiger partial charge in [0.1, 0.15) is 6.29 Å². The van der Waals surface area contributed by atoms with Gasteiger partial charge in [-0.2, -0.15) is 0 Å². The van der Waals surface area contributed by atoms with E-state index in [1.807, 2.05) is 42.5 Å². The number of imidazole rings is 1. The number of hydrogen-bond donors (Lipinski definition) is 2. The number of fused-ring (bicyclic) bond motifs is 1. The Bertz CT molecular complexity index is 1100. The SMILES string of the molecule is O=C[C@H](Cc1cnc[nH]1)NC[C@@H]1C[C@H]2CCCC[C@@H]2CN1C(=O)c1ccc(-c2ccccc2)cc1. The minimum absolute atomic E-state index is 0.0832. The molecule has 2 fully saturated rings. The highest BCUT2D eigenvalue weighted by atomic mass is 16.2. The number of nitrogens with one attached hydrogen (secondary N) is 2. The maximum atomic E-state index is 13.7. The molecule has 1 aliphatic heterocycles. The van der Waals surface area contributed by atoms with Crippen LogP contribution >= 0.6 is 0 Å². The number of rotatable bonds is 8. The molecule has 1 aliphatic carbocycles. The van der Waals surface area contributed by atoms with E-state index in [1.54, 1.807) is 12.5 Å². The van der Waals surface area contributed by atoms with E-state index in [1.165, 1.54) is 25.7 Å². The van der Waals surface area contributed by atoms with Gasteiger partial charge in [0.15, 0.2) is 0 Å².